The molecule has 108 valence electrons. The fraction of sp³-hybridized carbons (Fsp3) is 0.500. The maximum absolute atomic E-state index is 12.1. The molecule has 0 aliphatic heterocycles. The zero-order chi connectivity index (χ0) is 14.8. The SMILES string of the molecule is Cc1cc(Cl)c(N)cc1S(=O)(=O)NCC(O)C(C)C. The number of halogens is 1. The Morgan fingerprint density at radius 1 is 1.42 bits per heavy atom. The number of aryl methyl sites for hydroxylation is 1. The van der Waals surface area contributed by atoms with E-state index in [2.05, 4.69) is 4.72 Å². The van der Waals surface area contributed by atoms with Crippen LogP contribution < -0.4 is 10.5 Å². The molecule has 0 fully saturated rings. The first-order valence-electron chi connectivity index (χ1n) is 5.88. The van der Waals surface area contributed by atoms with Crippen LogP contribution in [0.1, 0.15) is 19.4 Å². The Kier molecular flexibility index (Phi) is 5.20. The van der Waals surface area contributed by atoms with E-state index in [0.29, 0.717) is 10.6 Å². The van der Waals surface area contributed by atoms with Crippen molar-refractivity contribution in [1.82, 2.24) is 4.72 Å². The minimum Gasteiger partial charge on any atom is -0.397 e. The van der Waals surface area contributed by atoms with Crippen molar-refractivity contribution < 1.29 is 13.5 Å². The van der Waals surface area contributed by atoms with Gasteiger partial charge in [0.05, 0.1) is 21.7 Å². The van der Waals surface area contributed by atoms with E-state index in [1.807, 2.05) is 13.8 Å². The van der Waals surface area contributed by atoms with Crippen LogP contribution in [0.25, 0.3) is 0 Å². The second-order valence-corrected chi connectivity index (χ2v) is 6.95. The second-order valence-electron chi connectivity index (χ2n) is 4.80. The zero-order valence-electron chi connectivity index (χ0n) is 11.1. The molecule has 0 aliphatic rings. The first kappa shape index (κ1) is 16.2. The minimum atomic E-state index is -3.71. The van der Waals surface area contributed by atoms with Gasteiger partial charge in [-0.25, -0.2) is 13.1 Å². The van der Waals surface area contributed by atoms with Gasteiger partial charge < -0.3 is 10.8 Å². The van der Waals surface area contributed by atoms with Crippen molar-refractivity contribution in [3.05, 3.63) is 22.7 Å². The Morgan fingerprint density at radius 2 is 2.00 bits per heavy atom. The lowest BCUT2D eigenvalue weighted by Crippen LogP contribution is -2.35. The number of anilines is 1. The first-order valence-corrected chi connectivity index (χ1v) is 7.74. The summed E-state index contributed by atoms with van der Waals surface area (Å²) >= 11 is 5.82. The molecule has 1 rings (SSSR count). The van der Waals surface area contributed by atoms with E-state index >= 15 is 0 Å². The summed E-state index contributed by atoms with van der Waals surface area (Å²) in [7, 11) is -3.71. The fourth-order valence-corrected chi connectivity index (χ4v) is 3.00. The molecular weight excluding hydrogens is 288 g/mol. The largest absolute Gasteiger partial charge is 0.397 e. The van der Waals surface area contributed by atoms with Gasteiger partial charge >= 0.3 is 0 Å². The highest BCUT2D eigenvalue weighted by atomic mass is 35.5. The molecule has 1 aromatic carbocycles. The van der Waals surface area contributed by atoms with Crippen molar-refractivity contribution in [2.45, 2.75) is 31.8 Å². The molecule has 19 heavy (non-hydrogen) atoms. The molecule has 7 heteroatoms. The van der Waals surface area contributed by atoms with Gasteiger partial charge in [0.25, 0.3) is 0 Å². The number of hydrogen-bond donors (Lipinski definition) is 3. The number of aliphatic hydroxyl groups excluding tert-OH is 1. The molecule has 0 bridgehead atoms. The van der Waals surface area contributed by atoms with Gasteiger partial charge in [-0.05, 0) is 30.5 Å². The zero-order valence-corrected chi connectivity index (χ0v) is 12.7. The Hall–Kier alpha value is -0.820. The maximum Gasteiger partial charge on any atom is 0.240 e. The van der Waals surface area contributed by atoms with Gasteiger partial charge in [0.1, 0.15) is 0 Å². The van der Waals surface area contributed by atoms with E-state index in [0.717, 1.165) is 0 Å². The van der Waals surface area contributed by atoms with E-state index in [1.165, 1.54) is 12.1 Å². The second kappa shape index (κ2) is 6.09. The van der Waals surface area contributed by atoms with Gasteiger partial charge in [0.15, 0.2) is 0 Å². The predicted molar refractivity (Wildman–Crippen MR) is 76.6 cm³/mol. The van der Waals surface area contributed by atoms with Crippen molar-refractivity contribution >= 4 is 27.3 Å². The van der Waals surface area contributed by atoms with Crippen molar-refractivity contribution in [3.63, 3.8) is 0 Å². The molecule has 0 amide bonds. The van der Waals surface area contributed by atoms with E-state index < -0.39 is 16.1 Å². The average molecular weight is 307 g/mol. The van der Waals surface area contributed by atoms with Gasteiger partial charge in [-0.15, -0.1) is 0 Å². The van der Waals surface area contributed by atoms with Crippen molar-refractivity contribution in [3.8, 4) is 0 Å². The molecule has 4 N–H and O–H groups in total. The summed E-state index contributed by atoms with van der Waals surface area (Å²) in [5.74, 6) is -0.0286. The molecule has 1 aromatic rings. The van der Waals surface area contributed by atoms with Crippen LogP contribution in [-0.2, 0) is 10.0 Å². The Labute approximate surface area is 118 Å². The third-order valence-electron chi connectivity index (χ3n) is 2.84. The number of sulfonamides is 1. The molecule has 1 atom stereocenters. The molecule has 0 heterocycles. The lowest BCUT2D eigenvalue weighted by Gasteiger charge is -2.16. The lowest BCUT2D eigenvalue weighted by molar-refractivity contribution is 0.129. The van der Waals surface area contributed by atoms with E-state index in [9.17, 15) is 13.5 Å². The van der Waals surface area contributed by atoms with Crippen LogP contribution in [0.5, 0.6) is 0 Å². The number of hydrogen-bond acceptors (Lipinski definition) is 4. The summed E-state index contributed by atoms with van der Waals surface area (Å²) in [6.45, 7) is 5.22. The molecule has 0 aliphatic carbocycles. The van der Waals surface area contributed by atoms with Crippen molar-refractivity contribution in [2.75, 3.05) is 12.3 Å². The highest BCUT2D eigenvalue weighted by Crippen LogP contribution is 2.26. The average Bonchev–Trinajstić information content (AvgIpc) is 2.30. The predicted octanol–water partition coefficient (Wildman–Crippen LogP) is 1.53. The van der Waals surface area contributed by atoms with Crippen LogP contribution in [0, 0.1) is 12.8 Å². The quantitative estimate of drug-likeness (QED) is 0.719. The topological polar surface area (TPSA) is 92.4 Å². The van der Waals surface area contributed by atoms with E-state index in [4.69, 9.17) is 17.3 Å². The monoisotopic (exact) mass is 306 g/mol. The van der Waals surface area contributed by atoms with Gasteiger partial charge in [-0.3, -0.25) is 0 Å². The smallest absolute Gasteiger partial charge is 0.240 e. The van der Waals surface area contributed by atoms with Gasteiger partial charge in [0.2, 0.25) is 10.0 Å². The summed E-state index contributed by atoms with van der Waals surface area (Å²) < 4.78 is 26.6. The van der Waals surface area contributed by atoms with Crippen LogP contribution in [0.4, 0.5) is 5.69 Å². The van der Waals surface area contributed by atoms with Gasteiger partial charge in [0, 0.05) is 6.54 Å². The summed E-state index contributed by atoms with van der Waals surface area (Å²) in [4.78, 5) is 0.0744. The number of aliphatic hydroxyl groups is 1. The lowest BCUT2D eigenvalue weighted by atomic mass is 10.1. The fourth-order valence-electron chi connectivity index (χ4n) is 1.47. The van der Waals surface area contributed by atoms with Gasteiger partial charge in [-0.1, -0.05) is 25.4 Å². The molecule has 0 aromatic heterocycles. The number of nitrogens with two attached hydrogens (primary N) is 1. The number of rotatable bonds is 5. The van der Waals surface area contributed by atoms with Crippen molar-refractivity contribution in [1.29, 1.82) is 0 Å². The normalized spacial score (nSPS) is 13.8. The highest BCUT2D eigenvalue weighted by molar-refractivity contribution is 7.89. The van der Waals surface area contributed by atoms with Crippen LogP contribution in [0.3, 0.4) is 0 Å². The van der Waals surface area contributed by atoms with E-state index in [-0.39, 0.29) is 23.0 Å². The Morgan fingerprint density at radius 3 is 2.53 bits per heavy atom. The third-order valence-corrected chi connectivity index (χ3v) is 4.73. The number of nitrogen functional groups attached to an aromatic ring is 1. The molecule has 5 nitrogen and oxygen atoms in total. The van der Waals surface area contributed by atoms with Crippen LogP contribution in [-0.4, -0.2) is 26.2 Å². The molecular formula is C12H19ClN2O3S. The molecule has 0 saturated heterocycles. The summed E-state index contributed by atoms with van der Waals surface area (Å²) in [6, 6.07) is 2.83. The van der Waals surface area contributed by atoms with Crippen molar-refractivity contribution in [2.24, 2.45) is 5.92 Å². The highest BCUT2D eigenvalue weighted by Gasteiger charge is 2.20. The van der Waals surface area contributed by atoms with Crippen LogP contribution >= 0.6 is 11.6 Å². The first-order chi connectivity index (χ1) is 8.65. The summed E-state index contributed by atoms with van der Waals surface area (Å²) in [5, 5.41) is 9.95. The molecule has 0 spiro atoms. The molecule has 0 saturated carbocycles. The Bertz CT molecular complexity index is 558. The molecule has 0 radical (unpaired) electrons. The van der Waals surface area contributed by atoms with Crippen LogP contribution in [0.2, 0.25) is 5.02 Å². The summed E-state index contributed by atoms with van der Waals surface area (Å²) in [6.07, 6.45) is -0.736. The van der Waals surface area contributed by atoms with Gasteiger partial charge in [-0.2, -0.15) is 0 Å². The third kappa shape index (κ3) is 4.07. The number of nitrogens with one attached hydrogen (secondary N) is 1. The minimum absolute atomic E-state index is 0.0286. The molecule has 1 unspecified atom stereocenters. The standard InChI is InChI=1S/C12H19ClN2O3S/c1-7(2)11(16)6-15-19(17,18)12-5-10(14)9(13)4-8(12)3/h4-5,7,11,15-16H,6,14H2,1-3H3. The van der Waals surface area contributed by atoms with E-state index in [1.54, 1.807) is 6.92 Å². The summed E-state index contributed by atoms with van der Waals surface area (Å²) in [5.41, 5.74) is 6.33. The maximum atomic E-state index is 12.1. The van der Waals surface area contributed by atoms with Crippen LogP contribution in [0.15, 0.2) is 17.0 Å². The Balaban J connectivity index is 2.98. The number of benzene rings is 1.